The number of hydrogen-bond acceptors (Lipinski definition) is 6. The number of imidazole rings is 1. The van der Waals surface area contributed by atoms with Gasteiger partial charge in [0.05, 0.1) is 28.9 Å². The molecule has 1 saturated carbocycles. The fourth-order valence-corrected chi connectivity index (χ4v) is 5.80. The molecule has 1 aliphatic heterocycles. The fourth-order valence-electron chi connectivity index (χ4n) is 5.80. The van der Waals surface area contributed by atoms with E-state index in [1.54, 1.807) is 11.7 Å². The molecule has 4 heterocycles. The lowest BCUT2D eigenvalue weighted by atomic mass is 9.92. The van der Waals surface area contributed by atoms with E-state index in [4.69, 9.17) is 9.72 Å². The predicted octanol–water partition coefficient (Wildman–Crippen LogP) is 3.83. The minimum Gasteiger partial charge on any atom is -0.381 e. The highest BCUT2D eigenvalue weighted by atomic mass is 16.5. The van der Waals surface area contributed by atoms with Crippen molar-refractivity contribution >= 4 is 27.8 Å². The summed E-state index contributed by atoms with van der Waals surface area (Å²) >= 11 is 0. The molecule has 1 aromatic carbocycles. The molecule has 0 amide bonds. The number of likely N-dealkylation sites (N-methyl/N-ethyl adjacent to an activating group) is 1. The molecule has 3 aromatic heterocycles. The Bertz CT molecular complexity index is 1460. The summed E-state index contributed by atoms with van der Waals surface area (Å²) in [5, 5.41) is 1.01. The number of fused-ring (bicyclic) bond motifs is 3. The maximum atomic E-state index is 13.4. The lowest BCUT2D eigenvalue weighted by Crippen LogP contribution is -2.57. The van der Waals surface area contributed by atoms with Crippen LogP contribution in [0.2, 0.25) is 0 Å². The normalized spacial score (nSPS) is 21.0. The molecule has 0 radical (unpaired) electrons. The van der Waals surface area contributed by atoms with Crippen molar-refractivity contribution in [1.29, 1.82) is 0 Å². The summed E-state index contributed by atoms with van der Waals surface area (Å²) in [5.74, 6) is 1.02. The number of ether oxygens (including phenoxy) is 1. The number of hydrogen-bond donors (Lipinski definition) is 0. The first-order valence-corrected chi connectivity index (χ1v) is 12.8. The summed E-state index contributed by atoms with van der Waals surface area (Å²) < 4.78 is 9.32. The molecule has 188 valence electrons. The van der Waals surface area contributed by atoms with E-state index in [2.05, 4.69) is 59.2 Å². The van der Waals surface area contributed by atoms with Gasteiger partial charge in [0.1, 0.15) is 5.82 Å². The summed E-state index contributed by atoms with van der Waals surface area (Å²) in [6.07, 6.45) is 7.91. The number of nitrogens with zero attached hydrogens (tertiary/aromatic N) is 6. The van der Waals surface area contributed by atoms with Crippen molar-refractivity contribution in [2.75, 3.05) is 39.2 Å². The third-order valence-electron chi connectivity index (χ3n) is 8.26. The molecule has 1 saturated heterocycles. The zero-order valence-electron chi connectivity index (χ0n) is 21.5. The van der Waals surface area contributed by atoms with Crippen LogP contribution in [-0.2, 0) is 11.8 Å². The summed E-state index contributed by atoms with van der Waals surface area (Å²) in [6.45, 7) is 2.02. The van der Waals surface area contributed by atoms with E-state index in [0.717, 1.165) is 77.7 Å². The molecule has 0 bridgehead atoms. The Morgan fingerprint density at radius 3 is 2.39 bits per heavy atom. The van der Waals surface area contributed by atoms with E-state index in [1.165, 1.54) is 0 Å². The maximum absolute atomic E-state index is 13.4. The monoisotopic (exact) mass is 486 g/mol. The van der Waals surface area contributed by atoms with Gasteiger partial charge < -0.3 is 14.5 Å². The van der Waals surface area contributed by atoms with E-state index < -0.39 is 0 Å². The Labute approximate surface area is 211 Å². The minimum atomic E-state index is 0.0298. The zero-order valence-corrected chi connectivity index (χ0v) is 21.5. The van der Waals surface area contributed by atoms with Crippen LogP contribution in [0.4, 0.5) is 5.82 Å². The van der Waals surface area contributed by atoms with Crippen molar-refractivity contribution < 1.29 is 4.74 Å². The van der Waals surface area contributed by atoms with Gasteiger partial charge in [-0.15, -0.1) is 0 Å². The van der Waals surface area contributed by atoms with Crippen LogP contribution < -0.4 is 10.6 Å². The highest BCUT2D eigenvalue weighted by molar-refractivity contribution is 6.04. The van der Waals surface area contributed by atoms with Crippen LogP contribution in [0.3, 0.4) is 0 Å². The summed E-state index contributed by atoms with van der Waals surface area (Å²) in [5.41, 5.74) is 4.93. The second-order valence-electron chi connectivity index (χ2n) is 10.5. The first-order chi connectivity index (χ1) is 17.4. The van der Waals surface area contributed by atoms with Crippen molar-refractivity contribution in [3.63, 3.8) is 0 Å². The molecule has 36 heavy (non-hydrogen) atoms. The molecule has 0 atom stereocenters. The van der Waals surface area contributed by atoms with Gasteiger partial charge in [0, 0.05) is 56.5 Å². The molecule has 8 heteroatoms. The quantitative estimate of drug-likeness (QED) is 0.427. The van der Waals surface area contributed by atoms with Crippen molar-refractivity contribution in [3.8, 4) is 11.1 Å². The van der Waals surface area contributed by atoms with Gasteiger partial charge in [0.15, 0.2) is 0 Å². The smallest absolute Gasteiger partial charge is 0.329 e. The van der Waals surface area contributed by atoms with Crippen LogP contribution in [-0.4, -0.2) is 70.4 Å². The van der Waals surface area contributed by atoms with Gasteiger partial charge in [-0.2, -0.15) is 0 Å². The second kappa shape index (κ2) is 9.01. The number of aromatic nitrogens is 4. The molecule has 4 aromatic rings. The molecule has 0 unspecified atom stereocenters. The Hall–Kier alpha value is -3.23. The topological polar surface area (TPSA) is 68.4 Å². The summed E-state index contributed by atoms with van der Waals surface area (Å²) in [6, 6.07) is 11.3. The number of rotatable bonds is 5. The maximum Gasteiger partial charge on any atom is 0.329 e. The SMILES string of the molecule is COC1CCC(n2c(=O)n(C)c3cnc4ccc(-c5ccc(N6CC(N(C)C)C6)nc5)cc4c32)CC1. The van der Waals surface area contributed by atoms with Gasteiger partial charge in [-0.3, -0.25) is 14.1 Å². The van der Waals surface area contributed by atoms with Crippen LogP contribution in [0, 0.1) is 0 Å². The third-order valence-corrected chi connectivity index (χ3v) is 8.26. The highest BCUT2D eigenvalue weighted by Gasteiger charge is 2.29. The van der Waals surface area contributed by atoms with Gasteiger partial charge in [0.25, 0.3) is 0 Å². The van der Waals surface area contributed by atoms with E-state index in [-0.39, 0.29) is 17.8 Å². The molecule has 1 aliphatic carbocycles. The number of methoxy groups -OCH3 is 1. The summed E-state index contributed by atoms with van der Waals surface area (Å²) in [7, 11) is 7.88. The van der Waals surface area contributed by atoms with Crippen LogP contribution in [0.25, 0.3) is 33.1 Å². The number of anilines is 1. The zero-order chi connectivity index (χ0) is 25.0. The number of benzene rings is 1. The summed E-state index contributed by atoms with van der Waals surface area (Å²) in [4.78, 5) is 27.4. The molecule has 0 spiro atoms. The third kappa shape index (κ3) is 3.79. The number of aryl methyl sites for hydroxylation is 1. The van der Waals surface area contributed by atoms with Gasteiger partial charge in [-0.1, -0.05) is 6.07 Å². The average Bonchev–Trinajstić information content (AvgIpc) is 3.13. The van der Waals surface area contributed by atoms with Gasteiger partial charge in [0.2, 0.25) is 0 Å². The lowest BCUT2D eigenvalue weighted by molar-refractivity contribution is 0.0585. The molecular weight excluding hydrogens is 452 g/mol. The molecule has 2 aliphatic rings. The Morgan fingerprint density at radius 2 is 1.72 bits per heavy atom. The van der Waals surface area contributed by atoms with Crippen molar-refractivity contribution in [2.24, 2.45) is 7.05 Å². The molecule has 8 nitrogen and oxygen atoms in total. The molecule has 0 N–H and O–H groups in total. The van der Waals surface area contributed by atoms with Crippen molar-refractivity contribution in [1.82, 2.24) is 24.0 Å². The number of pyridine rings is 2. The Morgan fingerprint density at radius 1 is 0.972 bits per heavy atom. The van der Waals surface area contributed by atoms with E-state index >= 15 is 0 Å². The van der Waals surface area contributed by atoms with E-state index in [1.807, 2.05) is 24.0 Å². The Balaban J connectivity index is 1.38. The van der Waals surface area contributed by atoms with Crippen molar-refractivity contribution in [2.45, 2.75) is 43.9 Å². The first kappa shape index (κ1) is 23.2. The average molecular weight is 487 g/mol. The molecule has 6 rings (SSSR count). The fraction of sp³-hybridized carbons (Fsp3) is 0.464. The van der Waals surface area contributed by atoms with Crippen LogP contribution in [0.1, 0.15) is 31.7 Å². The predicted molar refractivity (Wildman–Crippen MR) is 144 cm³/mol. The standard InChI is InChI=1S/C28H34N6O2/c1-31(2)21-16-33(17-21)26-12-6-19(14-30-26)18-5-11-24-23(13-18)27-25(15-29-24)32(3)28(35)34(27)20-7-9-22(36-4)10-8-20/h5-6,11-15,20-22H,7-10,16-17H2,1-4H3. The van der Waals surface area contributed by atoms with Gasteiger partial charge in [-0.25, -0.2) is 9.78 Å². The van der Waals surface area contributed by atoms with Crippen LogP contribution >= 0.6 is 0 Å². The largest absolute Gasteiger partial charge is 0.381 e. The minimum absolute atomic E-state index is 0.0298. The van der Waals surface area contributed by atoms with Gasteiger partial charge in [-0.05, 0) is 69.6 Å². The van der Waals surface area contributed by atoms with E-state index in [9.17, 15) is 4.79 Å². The molecular formula is C28H34N6O2. The lowest BCUT2D eigenvalue weighted by Gasteiger charge is -2.43. The van der Waals surface area contributed by atoms with Gasteiger partial charge >= 0.3 is 5.69 Å². The van der Waals surface area contributed by atoms with Crippen LogP contribution in [0.5, 0.6) is 0 Å². The second-order valence-corrected chi connectivity index (χ2v) is 10.5. The first-order valence-electron chi connectivity index (χ1n) is 12.8. The molecule has 2 fully saturated rings. The Kier molecular flexibility index (Phi) is 5.80. The van der Waals surface area contributed by atoms with Crippen LogP contribution in [0.15, 0.2) is 47.5 Å². The van der Waals surface area contributed by atoms with E-state index in [0.29, 0.717) is 6.04 Å². The highest BCUT2D eigenvalue weighted by Crippen LogP contribution is 2.35. The van der Waals surface area contributed by atoms with Crippen molar-refractivity contribution in [3.05, 3.63) is 53.2 Å².